The number of H-pyrrole nitrogens is 1. The van der Waals surface area contributed by atoms with E-state index in [1.165, 1.54) is 0 Å². The van der Waals surface area contributed by atoms with Crippen LogP contribution >= 0.6 is 0 Å². The van der Waals surface area contributed by atoms with Gasteiger partial charge in [-0.15, -0.1) is 0 Å². The van der Waals surface area contributed by atoms with Crippen molar-refractivity contribution in [1.82, 2.24) is 25.1 Å². The van der Waals surface area contributed by atoms with E-state index in [9.17, 15) is 0 Å². The van der Waals surface area contributed by atoms with Crippen LogP contribution in [0.5, 0.6) is 0 Å². The van der Waals surface area contributed by atoms with Crippen LogP contribution in [0.2, 0.25) is 0 Å². The number of rotatable bonds is 5. The minimum Gasteiger partial charge on any atom is -0.341 e. The highest BCUT2D eigenvalue weighted by Gasteiger charge is 2.09. The largest absolute Gasteiger partial charge is 0.341 e. The molecule has 98 valence electrons. The molecule has 0 fully saturated rings. The molecule has 2 heterocycles. The second kappa shape index (κ2) is 5.35. The van der Waals surface area contributed by atoms with Gasteiger partial charge in [-0.25, -0.2) is 4.98 Å². The Balaban J connectivity index is 2.04. The van der Waals surface area contributed by atoms with E-state index in [1.54, 1.807) is 0 Å². The topological polar surface area (TPSA) is 58.5 Å². The third-order valence-electron chi connectivity index (χ3n) is 2.78. The second-order valence-corrected chi connectivity index (χ2v) is 5.07. The molecule has 5 heteroatoms. The molecule has 0 aliphatic rings. The van der Waals surface area contributed by atoms with E-state index >= 15 is 0 Å². The minimum atomic E-state index is 0.653. The average molecular weight is 247 g/mol. The Morgan fingerprint density at radius 3 is 2.83 bits per heavy atom. The van der Waals surface area contributed by atoms with Crippen molar-refractivity contribution < 1.29 is 0 Å². The van der Waals surface area contributed by atoms with Crippen LogP contribution in [0.3, 0.4) is 0 Å². The molecule has 0 spiro atoms. The first-order valence-corrected chi connectivity index (χ1v) is 6.31. The van der Waals surface area contributed by atoms with E-state index < -0.39 is 0 Å². The molecule has 0 aliphatic carbocycles. The smallest absolute Gasteiger partial charge is 0.120 e. The lowest BCUT2D eigenvalue weighted by Crippen LogP contribution is -2.19. The molecule has 0 atom stereocenters. The highest BCUT2D eigenvalue weighted by Crippen LogP contribution is 2.19. The summed E-state index contributed by atoms with van der Waals surface area (Å²) in [5.41, 5.74) is 3.16. The lowest BCUT2D eigenvalue weighted by atomic mass is 10.2. The number of nitrogens with zero attached hydrogens (tertiary/aromatic N) is 3. The fraction of sp³-hybridized carbons (Fsp3) is 0.538. The number of aromatic nitrogens is 4. The first-order valence-electron chi connectivity index (χ1n) is 6.31. The molecule has 18 heavy (non-hydrogen) atoms. The van der Waals surface area contributed by atoms with Crippen molar-refractivity contribution in [2.75, 3.05) is 6.54 Å². The molecule has 0 radical (unpaired) electrons. The van der Waals surface area contributed by atoms with Crippen molar-refractivity contribution in [1.29, 1.82) is 0 Å². The van der Waals surface area contributed by atoms with E-state index in [-0.39, 0.29) is 0 Å². The SMILES string of the molecule is Cc1nn(C)cc1-c1cnc(CNCC(C)C)[nH]1. The minimum absolute atomic E-state index is 0.653. The molecule has 0 bridgehead atoms. The summed E-state index contributed by atoms with van der Waals surface area (Å²) in [6.45, 7) is 8.17. The highest BCUT2D eigenvalue weighted by molar-refractivity contribution is 5.60. The van der Waals surface area contributed by atoms with Gasteiger partial charge in [0, 0.05) is 18.8 Å². The maximum atomic E-state index is 4.38. The molecule has 2 rings (SSSR count). The van der Waals surface area contributed by atoms with Crippen LogP contribution < -0.4 is 5.32 Å². The third-order valence-corrected chi connectivity index (χ3v) is 2.78. The third kappa shape index (κ3) is 2.98. The van der Waals surface area contributed by atoms with Crippen LogP contribution in [-0.4, -0.2) is 26.3 Å². The molecule has 0 saturated carbocycles. The van der Waals surface area contributed by atoms with Crippen LogP contribution in [0.15, 0.2) is 12.4 Å². The quantitative estimate of drug-likeness (QED) is 0.848. The van der Waals surface area contributed by atoms with Gasteiger partial charge in [0.05, 0.1) is 24.1 Å². The van der Waals surface area contributed by atoms with Gasteiger partial charge in [0.25, 0.3) is 0 Å². The van der Waals surface area contributed by atoms with Crippen molar-refractivity contribution >= 4 is 0 Å². The van der Waals surface area contributed by atoms with E-state index in [2.05, 4.69) is 34.2 Å². The van der Waals surface area contributed by atoms with Crippen LogP contribution in [-0.2, 0) is 13.6 Å². The van der Waals surface area contributed by atoms with E-state index in [4.69, 9.17) is 0 Å². The Morgan fingerprint density at radius 2 is 2.22 bits per heavy atom. The van der Waals surface area contributed by atoms with Crippen molar-refractivity contribution in [3.8, 4) is 11.3 Å². The van der Waals surface area contributed by atoms with Gasteiger partial charge in [0.2, 0.25) is 0 Å². The monoisotopic (exact) mass is 247 g/mol. The van der Waals surface area contributed by atoms with Crippen LogP contribution in [0.4, 0.5) is 0 Å². The number of aryl methyl sites for hydroxylation is 2. The van der Waals surface area contributed by atoms with Gasteiger partial charge < -0.3 is 10.3 Å². The summed E-state index contributed by atoms with van der Waals surface area (Å²) in [7, 11) is 1.93. The lowest BCUT2D eigenvalue weighted by molar-refractivity contribution is 0.545. The molecule has 0 saturated heterocycles. The molecule has 2 N–H and O–H groups in total. The number of aromatic amines is 1. The molecule has 2 aromatic rings. The zero-order valence-corrected chi connectivity index (χ0v) is 11.5. The van der Waals surface area contributed by atoms with Crippen molar-refractivity contribution in [3.63, 3.8) is 0 Å². The summed E-state index contributed by atoms with van der Waals surface area (Å²) in [4.78, 5) is 7.72. The number of hydrogen-bond acceptors (Lipinski definition) is 3. The molecule has 5 nitrogen and oxygen atoms in total. The second-order valence-electron chi connectivity index (χ2n) is 5.07. The number of nitrogens with one attached hydrogen (secondary N) is 2. The highest BCUT2D eigenvalue weighted by atomic mass is 15.2. The van der Waals surface area contributed by atoms with Gasteiger partial charge in [-0.3, -0.25) is 4.68 Å². The molecule has 2 aromatic heterocycles. The average Bonchev–Trinajstić information content (AvgIpc) is 2.85. The Hall–Kier alpha value is -1.62. The van der Waals surface area contributed by atoms with Gasteiger partial charge in [-0.1, -0.05) is 13.8 Å². The van der Waals surface area contributed by atoms with E-state index in [1.807, 2.05) is 31.0 Å². The Morgan fingerprint density at radius 1 is 1.44 bits per heavy atom. The molecular weight excluding hydrogens is 226 g/mol. The number of hydrogen-bond donors (Lipinski definition) is 2. The fourth-order valence-electron chi connectivity index (χ4n) is 1.93. The Bertz CT molecular complexity index is 509. The van der Waals surface area contributed by atoms with Crippen LogP contribution in [0, 0.1) is 12.8 Å². The van der Waals surface area contributed by atoms with Crippen LogP contribution in [0.1, 0.15) is 25.4 Å². The molecule has 0 unspecified atom stereocenters. The summed E-state index contributed by atoms with van der Waals surface area (Å²) >= 11 is 0. The van der Waals surface area contributed by atoms with Crippen molar-refractivity contribution in [3.05, 3.63) is 23.9 Å². The Kier molecular flexibility index (Phi) is 3.81. The predicted molar refractivity (Wildman–Crippen MR) is 72.1 cm³/mol. The summed E-state index contributed by atoms with van der Waals surface area (Å²) in [6, 6.07) is 0. The maximum Gasteiger partial charge on any atom is 0.120 e. The lowest BCUT2D eigenvalue weighted by Gasteiger charge is -2.04. The van der Waals surface area contributed by atoms with Gasteiger partial charge in [-0.05, 0) is 19.4 Å². The summed E-state index contributed by atoms with van der Waals surface area (Å²) in [5, 5.41) is 7.71. The van der Waals surface area contributed by atoms with Gasteiger partial charge in [0.1, 0.15) is 5.82 Å². The standard InChI is InChI=1S/C13H21N5/c1-9(2)5-14-7-13-15-6-12(16-13)11-8-18(4)17-10(11)3/h6,8-9,14H,5,7H2,1-4H3,(H,15,16). The van der Waals surface area contributed by atoms with Crippen LogP contribution in [0.25, 0.3) is 11.3 Å². The van der Waals surface area contributed by atoms with E-state index in [0.717, 1.165) is 35.9 Å². The van der Waals surface area contributed by atoms with E-state index in [0.29, 0.717) is 5.92 Å². The molecule has 0 aromatic carbocycles. The first-order chi connectivity index (χ1) is 8.56. The molecular formula is C13H21N5. The zero-order valence-electron chi connectivity index (χ0n) is 11.5. The number of imidazole rings is 1. The summed E-state index contributed by atoms with van der Waals surface area (Å²) in [6.07, 6.45) is 3.88. The normalized spacial score (nSPS) is 11.4. The molecule has 0 aliphatic heterocycles. The zero-order chi connectivity index (χ0) is 13.1. The maximum absolute atomic E-state index is 4.38. The fourth-order valence-corrected chi connectivity index (χ4v) is 1.93. The Labute approximate surface area is 108 Å². The van der Waals surface area contributed by atoms with Gasteiger partial charge in [-0.2, -0.15) is 5.10 Å². The van der Waals surface area contributed by atoms with Crippen molar-refractivity contribution in [2.45, 2.75) is 27.3 Å². The predicted octanol–water partition coefficient (Wildman–Crippen LogP) is 1.86. The van der Waals surface area contributed by atoms with Gasteiger partial charge in [0.15, 0.2) is 0 Å². The van der Waals surface area contributed by atoms with Gasteiger partial charge >= 0.3 is 0 Å². The molecule has 0 amide bonds. The first kappa shape index (κ1) is 12.8. The summed E-state index contributed by atoms with van der Waals surface area (Å²) in [5.74, 6) is 1.62. The summed E-state index contributed by atoms with van der Waals surface area (Å²) < 4.78 is 1.82. The van der Waals surface area contributed by atoms with Crippen molar-refractivity contribution in [2.24, 2.45) is 13.0 Å².